The lowest BCUT2D eigenvalue weighted by molar-refractivity contribution is -0.274. The first kappa shape index (κ1) is 25.3. The molecule has 0 aliphatic rings. The van der Waals surface area contributed by atoms with E-state index in [9.17, 15) is 23.1 Å². The molecule has 34 heavy (non-hydrogen) atoms. The average molecular weight is 492 g/mol. The second kappa shape index (κ2) is 9.12. The first-order valence-electron chi connectivity index (χ1n) is 10.1. The third-order valence-electron chi connectivity index (χ3n) is 5.70. The number of aryl methyl sites for hydroxylation is 3. The molecule has 2 aromatic heterocycles. The Morgan fingerprint density at radius 1 is 1.21 bits per heavy atom. The minimum Gasteiger partial charge on any atom is -0.439 e. The van der Waals surface area contributed by atoms with Crippen molar-refractivity contribution in [1.29, 1.82) is 5.26 Å². The molecular formula is C24H21ClF3N3O3. The van der Waals surface area contributed by atoms with E-state index in [1.807, 2.05) is 6.07 Å². The van der Waals surface area contributed by atoms with Crippen molar-refractivity contribution in [3.63, 3.8) is 0 Å². The summed E-state index contributed by atoms with van der Waals surface area (Å²) in [5.74, 6) is -1.13. The molecule has 1 aromatic carbocycles. The standard InChI is InChI=1S/C24H21ClF3N3O3/c1-13-9-17(12-31(4)22(13)32)23(33,24(26,27)28)14(2)19-7-6-18(10-20(19)25)34-21-8-5-16(11-29)15(3)30-21/h5-10,12,14,33H,1-4H3. The molecule has 10 heteroatoms. The van der Waals surface area contributed by atoms with Crippen LogP contribution in [0.1, 0.15) is 40.8 Å². The molecule has 0 saturated carbocycles. The quantitative estimate of drug-likeness (QED) is 0.525. The number of hydrogen-bond acceptors (Lipinski definition) is 5. The maximum absolute atomic E-state index is 14.3. The summed E-state index contributed by atoms with van der Waals surface area (Å²) >= 11 is 6.32. The highest BCUT2D eigenvalue weighted by atomic mass is 35.5. The number of benzene rings is 1. The highest BCUT2D eigenvalue weighted by Gasteiger charge is 2.59. The molecule has 2 atom stereocenters. The van der Waals surface area contributed by atoms with Gasteiger partial charge in [0.05, 0.1) is 11.3 Å². The zero-order valence-corrected chi connectivity index (χ0v) is 19.5. The summed E-state index contributed by atoms with van der Waals surface area (Å²) < 4.78 is 49.4. The van der Waals surface area contributed by atoms with Gasteiger partial charge in [-0.2, -0.15) is 18.4 Å². The molecule has 178 valence electrons. The third kappa shape index (κ3) is 4.52. The Balaban J connectivity index is 2.01. The van der Waals surface area contributed by atoms with Crippen LogP contribution in [0.5, 0.6) is 11.6 Å². The molecule has 0 aliphatic carbocycles. The largest absolute Gasteiger partial charge is 0.439 e. The predicted octanol–water partition coefficient (Wildman–Crippen LogP) is 5.27. The number of alkyl halides is 3. The van der Waals surface area contributed by atoms with Crippen molar-refractivity contribution in [2.24, 2.45) is 7.05 Å². The lowest BCUT2D eigenvalue weighted by Crippen LogP contribution is -2.47. The van der Waals surface area contributed by atoms with Gasteiger partial charge in [-0.05, 0) is 43.7 Å². The number of halogens is 4. The maximum atomic E-state index is 14.3. The van der Waals surface area contributed by atoms with E-state index in [0.717, 1.165) is 16.8 Å². The van der Waals surface area contributed by atoms with E-state index in [0.29, 0.717) is 11.3 Å². The van der Waals surface area contributed by atoms with Crippen molar-refractivity contribution in [3.05, 3.63) is 85.9 Å². The molecule has 0 aliphatic heterocycles. The molecule has 3 aromatic rings. The Morgan fingerprint density at radius 2 is 1.88 bits per heavy atom. The van der Waals surface area contributed by atoms with Crippen molar-refractivity contribution in [2.75, 3.05) is 0 Å². The van der Waals surface area contributed by atoms with Crippen LogP contribution in [-0.2, 0) is 12.6 Å². The summed E-state index contributed by atoms with van der Waals surface area (Å²) in [6, 6.07) is 10.1. The van der Waals surface area contributed by atoms with Crippen molar-refractivity contribution >= 4 is 11.6 Å². The lowest BCUT2D eigenvalue weighted by atomic mass is 9.78. The zero-order valence-electron chi connectivity index (χ0n) is 18.7. The second-order valence-electron chi connectivity index (χ2n) is 7.99. The number of ether oxygens (including phenoxy) is 1. The molecule has 6 nitrogen and oxygen atoms in total. The fourth-order valence-corrected chi connectivity index (χ4v) is 4.06. The minimum absolute atomic E-state index is 0.0318. The first-order chi connectivity index (χ1) is 15.8. The summed E-state index contributed by atoms with van der Waals surface area (Å²) in [7, 11) is 1.32. The summed E-state index contributed by atoms with van der Waals surface area (Å²) in [5, 5.41) is 20.0. The number of aromatic nitrogens is 2. The number of rotatable bonds is 5. The number of aliphatic hydroxyl groups is 1. The van der Waals surface area contributed by atoms with Crippen molar-refractivity contribution in [2.45, 2.75) is 38.5 Å². The molecule has 0 radical (unpaired) electrons. The molecule has 0 saturated heterocycles. The van der Waals surface area contributed by atoms with Gasteiger partial charge in [0.1, 0.15) is 11.8 Å². The van der Waals surface area contributed by atoms with Gasteiger partial charge >= 0.3 is 6.18 Å². The molecule has 0 bridgehead atoms. The van der Waals surface area contributed by atoms with Crippen LogP contribution >= 0.6 is 11.6 Å². The van der Waals surface area contributed by atoms with Crippen LogP contribution in [0.25, 0.3) is 0 Å². The number of nitriles is 1. The van der Waals surface area contributed by atoms with Gasteiger partial charge in [0.25, 0.3) is 5.56 Å². The highest BCUT2D eigenvalue weighted by Crippen LogP contribution is 2.50. The van der Waals surface area contributed by atoms with Crippen molar-refractivity contribution in [1.82, 2.24) is 9.55 Å². The van der Waals surface area contributed by atoms with E-state index < -0.39 is 28.8 Å². The third-order valence-corrected chi connectivity index (χ3v) is 6.03. The topological polar surface area (TPSA) is 88.1 Å². The molecule has 1 N–H and O–H groups in total. The van der Waals surface area contributed by atoms with Crippen LogP contribution in [0.4, 0.5) is 13.2 Å². The fraction of sp³-hybridized carbons (Fsp3) is 0.292. The molecule has 0 amide bonds. The smallest absolute Gasteiger partial charge is 0.422 e. The van der Waals surface area contributed by atoms with E-state index >= 15 is 0 Å². The van der Waals surface area contributed by atoms with Gasteiger partial charge in [0, 0.05) is 41.4 Å². The molecule has 0 spiro atoms. The van der Waals surface area contributed by atoms with E-state index in [2.05, 4.69) is 4.98 Å². The SMILES string of the molecule is Cc1nc(Oc2ccc(C(C)C(O)(c3cc(C)c(=O)n(C)c3)C(F)(F)F)c(Cl)c2)ccc1C#N. The van der Waals surface area contributed by atoms with Crippen LogP contribution in [0.2, 0.25) is 5.02 Å². The van der Waals surface area contributed by atoms with Gasteiger partial charge in [-0.15, -0.1) is 0 Å². The molecule has 2 heterocycles. The van der Waals surface area contributed by atoms with Gasteiger partial charge in [0.15, 0.2) is 5.60 Å². The zero-order chi connectivity index (χ0) is 25.4. The fourth-order valence-electron chi connectivity index (χ4n) is 3.73. The first-order valence-corrected chi connectivity index (χ1v) is 10.5. The monoisotopic (exact) mass is 491 g/mol. The Kier molecular flexibility index (Phi) is 6.78. The molecular weight excluding hydrogens is 471 g/mol. The summed E-state index contributed by atoms with van der Waals surface area (Å²) in [6.07, 6.45) is -4.09. The van der Waals surface area contributed by atoms with Gasteiger partial charge in [0.2, 0.25) is 5.88 Å². The Morgan fingerprint density at radius 3 is 2.41 bits per heavy atom. The van der Waals surface area contributed by atoms with Crippen LogP contribution in [0.15, 0.2) is 47.4 Å². The van der Waals surface area contributed by atoms with Crippen LogP contribution in [0.3, 0.4) is 0 Å². The van der Waals surface area contributed by atoms with Crippen molar-refractivity contribution in [3.8, 4) is 17.7 Å². The summed E-state index contributed by atoms with van der Waals surface area (Å²) in [6.45, 7) is 4.23. The molecule has 0 fully saturated rings. The predicted molar refractivity (Wildman–Crippen MR) is 120 cm³/mol. The van der Waals surface area contributed by atoms with Crippen molar-refractivity contribution < 1.29 is 23.0 Å². The second-order valence-corrected chi connectivity index (χ2v) is 8.40. The van der Waals surface area contributed by atoms with Gasteiger partial charge in [-0.3, -0.25) is 4.79 Å². The highest BCUT2D eigenvalue weighted by molar-refractivity contribution is 6.31. The van der Waals surface area contributed by atoms with E-state index in [1.54, 1.807) is 6.92 Å². The molecule has 2 unspecified atom stereocenters. The lowest BCUT2D eigenvalue weighted by Gasteiger charge is -2.37. The van der Waals surface area contributed by atoms with Gasteiger partial charge in [-0.25, -0.2) is 4.98 Å². The van der Waals surface area contributed by atoms with Crippen LogP contribution in [0, 0.1) is 25.2 Å². The van der Waals surface area contributed by atoms with Crippen LogP contribution in [-0.4, -0.2) is 20.8 Å². The maximum Gasteiger partial charge on any atom is 0.422 e. The summed E-state index contributed by atoms with van der Waals surface area (Å²) in [4.78, 5) is 16.1. The number of pyridine rings is 2. The Labute approximate surface area is 198 Å². The number of hydrogen-bond donors (Lipinski definition) is 1. The summed E-state index contributed by atoms with van der Waals surface area (Å²) in [5.41, 5.74) is -3.32. The average Bonchev–Trinajstić information content (AvgIpc) is 2.75. The van der Waals surface area contributed by atoms with E-state index in [1.165, 1.54) is 51.2 Å². The van der Waals surface area contributed by atoms with E-state index in [-0.39, 0.29) is 27.8 Å². The molecule has 3 rings (SSSR count). The van der Waals surface area contributed by atoms with Gasteiger partial charge < -0.3 is 14.4 Å². The Hall–Kier alpha value is -3.35. The van der Waals surface area contributed by atoms with E-state index in [4.69, 9.17) is 21.6 Å². The minimum atomic E-state index is -5.07. The Bertz CT molecular complexity index is 1320. The number of nitrogens with zero attached hydrogens (tertiary/aromatic N) is 3. The van der Waals surface area contributed by atoms with Gasteiger partial charge in [-0.1, -0.05) is 24.6 Å². The van der Waals surface area contributed by atoms with Crippen LogP contribution < -0.4 is 10.3 Å². The normalized spacial score (nSPS) is 14.2.